The predicted molar refractivity (Wildman–Crippen MR) is 97.4 cm³/mol. The molecule has 0 saturated carbocycles. The number of aryl methyl sites for hydroxylation is 1. The van der Waals surface area contributed by atoms with Crippen LogP contribution in [0.1, 0.15) is 57.5 Å². The highest BCUT2D eigenvalue weighted by atomic mass is 16.5. The van der Waals surface area contributed by atoms with Gasteiger partial charge in [-0.3, -0.25) is 0 Å². The molecule has 23 heavy (non-hydrogen) atoms. The molecule has 0 aromatic heterocycles. The number of esters is 1. The lowest BCUT2D eigenvalue weighted by molar-refractivity contribution is -0.00523. The van der Waals surface area contributed by atoms with Crippen LogP contribution in [0.5, 0.6) is 0 Å². The Balaban J connectivity index is 0.00000112. The monoisotopic (exact) mass is 323 g/mol. The largest absolute Gasteiger partial charge is 0.465 e. The van der Waals surface area contributed by atoms with Gasteiger partial charge in [-0.05, 0) is 44.5 Å². The van der Waals surface area contributed by atoms with Crippen molar-refractivity contribution in [3.8, 4) is 0 Å². The normalized spacial score (nSPS) is 19.7. The van der Waals surface area contributed by atoms with E-state index >= 15 is 0 Å². The van der Waals surface area contributed by atoms with Gasteiger partial charge in [0, 0.05) is 18.8 Å². The number of methoxy groups -OCH3 is 1. The van der Waals surface area contributed by atoms with Gasteiger partial charge in [-0.2, -0.15) is 0 Å². The first-order valence-electron chi connectivity index (χ1n) is 8.60. The summed E-state index contributed by atoms with van der Waals surface area (Å²) < 4.78 is 10.5. The van der Waals surface area contributed by atoms with Crippen molar-refractivity contribution in [3.63, 3.8) is 0 Å². The van der Waals surface area contributed by atoms with Gasteiger partial charge < -0.3 is 14.4 Å². The van der Waals surface area contributed by atoms with E-state index in [1.165, 1.54) is 7.11 Å². The Bertz CT molecular complexity index is 464. The molecule has 0 spiro atoms. The summed E-state index contributed by atoms with van der Waals surface area (Å²) in [6.07, 6.45) is 0.452. The molecule has 0 radical (unpaired) electrons. The summed E-state index contributed by atoms with van der Waals surface area (Å²) in [5.41, 5.74) is 2.70. The minimum Gasteiger partial charge on any atom is -0.465 e. The molecule has 2 unspecified atom stereocenters. The van der Waals surface area contributed by atoms with Gasteiger partial charge in [-0.15, -0.1) is 0 Å². The van der Waals surface area contributed by atoms with Crippen molar-refractivity contribution in [2.24, 2.45) is 0 Å². The standard InChI is InChI=1S/C15H21NO3.2C2H6/c1-10-7-13(5-6-14(10)15(17)18-4)16-8-11(2)19-12(3)9-16;2*1-2/h5-7,11-12H,8-9H2,1-4H3;2*1-2H3. The Kier molecular flexibility index (Phi) is 10.3. The number of carbonyl (C=O) groups excluding carboxylic acids is 1. The third kappa shape index (κ3) is 6.22. The number of benzene rings is 1. The Labute approximate surface area is 141 Å². The molecule has 0 bridgehead atoms. The number of ether oxygens (including phenoxy) is 2. The molecule has 1 aliphatic rings. The van der Waals surface area contributed by atoms with Gasteiger partial charge in [0.15, 0.2) is 0 Å². The number of anilines is 1. The Morgan fingerprint density at radius 2 is 1.65 bits per heavy atom. The minimum atomic E-state index is -0.284. The van der Waals surface area contributed by atoms with Crippen molar-refractivity contribution in [2.75, 3.05) is 25.1 Å². The van der Waals surface area contributed by atoms with Crippen molar-refractivity contribution in [1.82, 2.24) is 0 Å². The van der Waals surface area contributed by atoms with Crippen molar-refractivity contribution in [2.45, 2.75) is 60.7 Å². The maximum atomic E-state index is 11.6. The fourth-order valence-electron chi connectivity index (χ4n) is 2.57. The summed E-state index contributed by atoms with van der Waals surface area (Å²) in [5.74, 6) is -0.284. The molecule has 4 heteroatoms. The summed E-state index contributed by atoms with van der Waals surface area (Å²) in [5, 5.41) is 0. The zero-order chi connectivity index (χ0) is 18.0. The average molecular weight is 323 g/mol. The Hall–Kier alpha value is -1.55. The molecular formula is C19H33NO3. The van der Waals surface area contributed by atoms with Crippen LogP contribution >= 0.6 is 0 Å². The van der Waals surface area contributed by atoms with E-state index in [9.17, 15) is 4.79 Å². The summed E-state index contributed by atoms with van der Waals surface area (Å²) >= 11 is 0. The smallest absolute Gasteiger partial charge is 0.338 e. The topological polar surface area (TPSA) is 38.8 Å². The van der Waals surface area contributed by atoms with Crippen molar-refractivity contribution in [3.05, 3.63) is 29.3 Å². The van der Waals surface area contributed by atoms with Crippen LogP contribution in [0.25, 0.3) is 0 Å². The Morgan fingerprint density at radius 3 is 2.09 bits per heavy atom. The number of hydrogen-bond acceptors (Lipinski definition) is 4. The van der Waals surface area contributed by atoms with E-state index < -0.39 is 0 Å². The summed E-state index contributed by atoms with van der Waals surface area (Å²) in [6, 6.07) is 5.85. The fourth-order valence-corrected chi connectivity index (χ4v) is 2.57. The first kappa shape index (κ1) is 21.4. The number of nitrogens with zero attached hydrogens (tertiary/aromatic N) is 1. The summed E-state index contributed by atoms with van der Waals surface area (Å²) in [4.78, 5) is 13.9. The molecule has 1 aromatic carbocycles. The molecule has 0 N–H and O–H groups in total. The number of carbonyl (C=O) groups is 1. The molecule has 2 rings (SSSR count). The molecule has 4 nitrogen and oxygen atoms in total. The third-order valence-corrected chi connectivity index (χ3v) is 3.40. The van der Waals surface area contributed by atoms with Gasteiger partial charge in [-0.1, -0.05) is 27.7 Å². The van der Waals surface area contributed by atoms with Crippen LogP contribution in [0.2, 0.25) is 0 Å². The van der Waals surface area contributed by atoms with Crippen LogP contribution in [0.4, 0.5) is 5.69 Å². The van der Waals surface area contributed by atoms with Gasteiger partial charge >= 0.3 is 5.97 Å². The van der Waals surface area contributed by atoms with Gasteiger partial charge in [0.1, 0.15) is 0 Å². The molecule has 1 aliphatic heterocycles. The molecule has 1 fully saturated rings. The first-order valence-corrected chi connectivity index (χ1v) is 8.60. The number of morpholine rings is 1. The van der Waals surface area contributed by atoms with Gasteiger partial charge in [0.2, 0.25) is 0 Å². The number of hydrogen-bond donors (Lipinski definition) is 0. The lowest BCUT2D eigenvalue weighted by atomic mass is 10.1. The lowest BCUT2D eigenvalue weighted by Crippen LogP contribution is -2.45. The van der Waals surface area contributed by atoms with Crippen LogP contribution in [0, 0.1) is 6.92 Å². The van der Waals surface area contributed by atoms with E-state index in [0.29, 0.717) is 5.56 Å². The van der Waals surface area contributed by atoms with Crippen LogP contribution in [0.3, 0.4) is 0 Å². The highest BCUT2D eigenvalue weighted by Gasteiger charge is 2.23. The van der Waals surface area contributed by atoms with Crippen LogP contribution < -0.4 is 4.90 Å². The molecule has 132 valence electrons. The van der Waals surface area contributed by atoms with E-state index in [1.54, 1.807) is 0 Å². The maximum absolute atomic E-state index is 11.6. The molecule has 1 heterocycles. The van der Waals surface area contributed by atoms with Gasteiger partial charge in [-0.25, -0.2) is 4.79 Å². The highest BCUT2D eigenvalue weighted by Crippen LogP contribution is 2.23. The molecular weight excluding hydrogens is 290 g/mol. The van der Waals surface area contributed by atoms with E-state index in [2.05, 4.69) is 18.7 Å². The van der Waals surface area contributed by atoms with Crippen LogP contribution in [-0.2, 0) is 9.47 Å². The quantitative estimate of drug-likeness (QED) is 0.754. The van der Waals surface area contributed by atoms with Gasteiger partial charge in [0.05, 0.1) is 24.9 Å². The summed E-state index contributed by atoms with van der Waals surface area (Å²) in [6.45, 7) is 15.8. The van der Waals surface area contributed by atoms with Crippen LogP contribution in [0.15, 0.2) is 18.2 Å². The van der Waals surface area contributed by atoms with E-state index in [4.69, 9.17) is 9.47 Å². The van der Waals surface area contributed by atoms with Crippen molar-refractivity contribution in [1.29, 1.82) is 0 Å². The zero-order valence-corrected chi connectivity index (χ0v) is 16.0. The molecule has 0 aliphatic carbocycles. The van der Waals surface area contributed by atoms with Crippen molar-refractivity contribution >= 4 is 11.7 Å². The summed E-state index contributed by atoms with van der Waals surface area (Å²) in [7, 11) is 1.40. The number of rotatable bonds is 2. The van der Waals surface area contributed by atoms with E-state index in [0.717, 1.165) is 24.3 Å². The van der Waals surface area contributed by atoms with Gasteiger partial charge in [0.25, 0.3) is 0 Å². The molecule has 0 amide bonds. The molecule has 1 saturated heterocycles. The molecule has 2 atom stereocenters. The van der Waals surface area contributed by atoms with E-state index in [-0.39, 0.29) is 18.2 Å². The second-order valence-electron chi connectivity index (χ2n) is 5.15. The minimum absolute atomic E-state index is 0.226. The van der Waals surface area contributed by atoms with E-state index in [1.807, 2.05) is 52.8 Å². The second kappa shape index (κ2) is 11.1. The third-order valence-electron chi connectivity index (χ3n) is 3.40. The van der Waals surface area contributed by atoms with Crippen molar-refractivity contribution < 1.29 is 14.3 Å². The Morgan fingerprint density at radius 1 is 1.13 bits per heavy atom. The highest BCUT2D eigenvalue weighted by molar-refractivity contribution is 5.91. The average Bonchev–Trinajstić information content (AvgIpc) is 2.57. The molecule has 1 aromatic rings. The second-order valence-corrected chi connectivity index (χ2v) is 5.15. The predicted octanol–water partition coefficient (Wildman–Crippen LogP) is 4.45. The lowest BCUT2D eigenvalue weighted by Gasteiger charge is -2.37. The SMILES string of the molecule is CC.CC.COC(=O)c1ccc(N2CC(C)OC(C)C2)cc1C. The maximum Gasteiger partial charge on any atom is 0.338 e. The fraction of sp³-hybridized carbons (Fsp3) is 0.632. The first-order chi connectivity index (χ1) is 11.0. The zero-order valence-electron chi connectivity index (χ0n) is 16.0. The van der Waals surface area contributed by atoms with Crippen LogP contribution in [-0.4, -0.2) is 38.4 Å².